The Balaban J connectivity index is 2.28. The second-order valence-electron chi connectivity index (χ2n) is 5.59. The van der Waals surface area contributed by atoms with Crippen LogP contribution in [0.3, 0.4) is 0 Å². The topological polar surface area (TPSA) is 50.4 Å². The van der Waals surface area contributed by atoms with Gasteiger partial charge in [-0.2, -0.15) is 0 Å². The Hall–Kier alpha value is -0.770. The van der Waals surface area contributed by atoms with Crippen molar-refractivity contribution in [3.05, 3.63) is 0 Å². The van der Waals surface area contributed by atoms with Crippen molar-refractivity contribution >= 4 is 6.09 Å². The first-order chi connectivity index (χ1) is 6.81. The Kier molecular flexibility index (Phi) is 3.60. The molecular weight excluding hydrogens is 192 g/mol. The molecule has 1 saturated heterocycles. The minimum Gasteiger partial charge on any atom is -0.444 e. The van der Waals surface area contributed by atoms with Gasteiger partial charge in [0.1, 0.15) is 5.60 Å². The second-order valence-corrected chi connectivity index (χ2v) is 5.59. The average molecular weight is 214 g/mol. The molecule has 0 spiro atoms. The molecule has 1 fully saturated rings. The molecule has 0 bridgehead atoms. The average Bonchev–Trinajstić information content (AvgIpc) is 2.47. The van der Waals surface area contributed by atoms with Crippen molar-refractivity contribution in [2.75, 3.05) is 19.6 Å². The predicted octanol–water partition coefficient (Wildman–Crippen LogP) is 1.51. The summed E-state index contributed by atoms with van der Waals surface area (Å²) in [6, 6.07) is 0. The van der Waals surface area contributed by atoms with Crippen LogP contribution in [-0.2, 0) is 4.74 Å². The molecule has 0 aromatic heterocycles. The molecule has 1 amide bonds. The van der Waals surface area contributed by atoms with Gasteiger partial charge in [-0.15, -0.1) is 0 Å². The number of alkyl carbamates (subject to hydrolysis) is 1. The van der Waals surface area contributed by atoms with Crippen LogP contribution in [0.2, 0.25) is 0 Å². The van der Waals surface area contributed by atoms with Gasteiger partial charge in [0.2, 0.25) is 0 Å². The number of nitrogens with one attached hydrogen (secondary N) is 2. The molecule has 1 aliphatic rings. The van der Waals surface area contributed by atoms with Crippen molar-refractivity contribution in [1.82, 2.24) is 10.6 Å². The Bertz CT molecular complexity index is 227. The van der Waals surface area contributed by atoms with E-state index in [-0.39, 0.29) is 11.5 Å². The third-order valence-corrected chi connectivity index (χ3v) is 2.52. The van der Waals surface area contributed by atoms with Gasteiger partial charge in [-0.25, -0.2) is 4.79 Å². The van der Waals surface area contributed by atoms with Crippen molar-refractivity contribution in [2.45, 2.75) is 39.7 Å². The van der Waals surface area contributed by atoms with Gasteiger partial charge >= 0.3 is 6.09 Å². The lowest BCUT2D eigenvalue weighted by molar-refractivity contribution is 0.0507. The van der Waals surface area contributed by atoms with Gasteiger partial charge in [-0.05, 0) is 39.2 Å². The number of rotatable bonds is 2. The van der Waals surface area contributed by atoms with E-state index in [0.29, 0.717) is 6.54 Å². The molecule has 0 aromatic carbocycles. The standard InChI is InChI=1S/C11H22N2O2/c1-10(2,3)15-9(14)13-8-11(4)5-6-12-7-11/h12H,5-8H2,1-4H3,(H,13,14). The van der Waals surface area contributed by atoms with Gasteiger partial charge in [0.25, 0.3) is 0 Å². The molecular formula is C11H22N2O2. The van der Waals surface area contributed by atoms with E-state index in [2.05, 4.69) is 17.6 Å². The Morgan fingerprint density at radius 3 is 2.67 bits per heavy atom. The zero-order valence-corrected chi connectivity index (χ0v) is 10.1. The lowest BCUT2D eigenvalue weighted by Gasteiger charge is -2.25. The molecule has 1 aliphatic heterocycles. The first-order valence-corrected chi connectivity index (χ1v) is 5.48. The van der Waals surface area contributed by atoms with Crippen LogP contribution in [-0.4, -0.2) is 31.3 Å². The maximum atomic E-state index is 11.4. The maximum absolute atomic E-state index is 11.4. The highest BCUT2D eigenvalue weighted by Gasteiger charge is 2.29. The Morgan fingerprint density at radius 1 is 1.53 bits per heavy atom. The van der Waals surface area contributed by atoms with Crippen LogP contribution in [0.15, 0.2) is 0 Å². The number of carbonyl (C=O) groups excluding carboxylic acids is 1. The summed E-state index contributed by atoms with van der Waals surface area (Å²) in [5.74, 6) is 0. The highest BCUT2D eigenvalue weighted by molar-refractivity contribution is 5.67. The van der Waals surface area contributed by atoms with Gasteiger partial charge in [0, 0.05) is 13.1 Å². The van der Waals surface area contributed by atoms with E-state index >= 15 is 0 Å². The summed E-state index contributed by atoms with van der Waals surface area (Å²) in [5.41, 5.74) is -0.240. The number of amides is 1. The van der Waals surface area contributed by atoms with E-state index in [0.717, 1.165) is 19.5 Å². The molecule has 2 N–H and O–H groups in total. The maximum Gasteiger partial charge on any atom is 0.407 e. The van der Waals surface area contributed by atoms with Crippen LogP contribution in [0.4, 0.5) is 4.79 Å². The van der Waals surface area contributed by atoms with Crippen LogP contribution in [0.1, 0.15) is 34.1 Å². The van der Waals surface area contributed by atoms with E-state index in [1.54, 1.807) is 0 Å². The molecule has 0 aliphatic carbocycles. The lowest BCUT2D eigenvalue weighted by atomic mass is 9.90. The van der Waals surface area contributed by atoms with Crippen molar-refractivity contribution < 1.29 is 9.53 Å². The monoisotopic (exact) mass is 214 g/mol. The molecule has 4 nitrogen and oxygen atoms in total. The fourth-order valence-electron chi connectivity index (χ4n) is 1.62. The third-order valence-electron chi connectivity index (χ3n) is 2.52. The molecule has 1 rings (SSSR count). The summed E-state index contributed by atoms with van der Waals surface area (Å²) in [6.07, 6.45) is 0.777. The van der Waals surface area contributed by atoms with E-state index in [4.69, 9.17) is 4.74 Å². The first kappa shape index (κ1) is 12.3. The van der Waals surface area contributed by atoms with Gasteiger partial charge in [0.15, 0.2) is 0 Å². The van der Waals surface area contributed by atoms with Crippen molar-refractivity contribution in [3.63, 3.8) is 0 Å². The first-order valence-electron chi connectivity index (χ1n) is 5.48. The summed E-state index contributed by atoms with van der Waals surface area (Å²) in [4.78, 5) is 11.4. The van der Waals surface area contributed by atoms with Gasteiger partial charge in [-0.3, -0.25) is 0 Å². The summed E-state index contributed by atoms with van der Waals surface area (Å²) in [5, 5.41) is 6.11. The fourth-order valence-corrected chi connectivity index (χ4v) is 1.62. The highest BCUT2D eigenvalue weighted by atomic mass is 16.6. The van der Waals surface area contributed by atoms with E-state index in [1.807, 2.05) is 20.8 Å². The van der Waals surface area contributed by atoms with Gasteiger partial charge in [0.05, 0.1) is 0 Å². The Morgan fingerprint density at radius 2 is 2.20 bits per heavy atom. The molecule has 15 heavy (non-hydrogen) atoms. The molecule has 1 atom stereocenters. The minimum atomic E-state index is -0.418. The smallest absolute Gasteiger partial charge is 0.407 e. The summed E-state index contributed by atoms with van der Waals surface area (Å²) in [7, 11) is 0. The molecule has 4 heteroatoms. The fraction of sp³-hybridized carbons (Fsp3) is 0.909. The van der Waals surface area contributed by atoms with Crippen molar-refractivity contribution in [3.8, 4) is 0 Å². The van der Waals surface area contributed by atoms with Crippen molar-refractivity contribution in [1.29, 1.82) is 0 Å². The van der Waals surface area contributed by atoms with Crippen molar-refractivity contribution in [2.24, 2.45) is 5.41 Å². The minimum absolute atomic E-state index is 0.177. The largest absolute Gasteiger partial charge is 0.444 e. The van der Waals surface area contributed by atoms with Gasteiger partial charge in [-0.1, -0.05) is 6.92 Å². The summed E-state index contributed by atoms with van der Waals surface area (Å²) >= 11 is 0. The predicted molar refractivity (Wildman–Crippen MR) is 59.8 cm³/mol. The van der Waals surface area contributed by atoms with Crippen LogP contribution >= 0.6 is 0 Å². The Labute approximate surface area is 91.8 Å². The molecule has 0 saturated carbocycles. The molecule has 1 unspecified atom stereocenters. The number of hydrogen-bond donors (Lipinski definition) is 2. The summed E-state index contributed by atoms with van der Waals surface area (Å²) in [6.45, 7) is 10.4. The SMILES string of the molecule is CC1(CNC(=O)OC(C)(C)C)CCNC1. The second kappa shape index (κ2) is 4.39. The van der Waals surface area contributed by atoms with Crippen LogP contribution in [0.5, 0.6) is 0 Å². The highest BCUT2D eigenvalue weighted by Crippen LogP contribution is 2.23. The number of hydrogen-bond acceptors (Lipinski definition) is 3. The molecule has 1 heterocycles. The van der Waals surface area contributed by atoms with Crippen LogP contribution in [0, 0.1) is 5.41 Å². The van der Waals surface area contributed by atoms with E-state index in [9.17, 15) is 4.79 Å². The molecule has 88 valence electrons. The summed E-state index contributed by atoms with van der Waals surface area (Å²) < 4.78 is 5.17. The zero-order chi connectivity index (χ0) is 11.5. The van der Waals surface area contributed by atoms with E-state index < -0.39 is 5.60 Å². The molecule has 0 radical (unpaired) electrons. The molecule has 0 aromatic rings. The van der Waals surface area contributed by atoms with Gasteiger partial charge < -0.3 is 15.4 Å². The third kappa shape index (κ3) is 4.51. The number of ether oxygens (including phenoxy) is 1. The normalized spacial score (nSPS) is 26.4. The van der Waals surface area contributed by atoms with E-state index in [1.165, 1.54) is 0 Å². The number of carbonyl (C=O) groups is 1. The van der Waals surface area contributed by atoms with Crippen LogP contribution in [0.25, 0.3) is 0 Å². The van der Waals surface area contributed by atoms with Crippen LogP contribution < -0.4 is 10.6 Å². The lowest BCUT2D eigenvalue weighted by Crippen LogP contribution is -2.39. The quantitative estimate of drug-likeness (QED) is 0.732. The zero-order valence-electron chi connectivity index (χ0n) is 10.1.